The van der Waals surface area contributed by atoms with Gasteiger partial charge in [0.25, 0.3) is 21.8 Å². The lowest BCUT2D eigenvalue weighted by Crippen LogP contribution is -2.51. The third-order valence-corrected chi connectivity index (χ3v) is 7.74. The molecule has 4 rings (SSSR count). The zero-order valence-corrected chi connectivity index (χ0v) is 23.4. The van der Waals surface area contributed by atoms with Crippen molar-refractivity contribution in [3.05, 3.63) is 76.7 Å². The molecule has 206 valence electrons. The molecule has 1 N–H and O–H groups in total. The highest BCUT2D eigenvalue weighted by Crippen LogP contribution is 2.29. The molecular weight excluding hydrogens is 594 g/mol. The number of carbonyl (C=O) groups is 3. The molecule has 0 unspecified atom stereocenters. The number of carbonyl (C=O) groups excluding carboxylic acids is 3. The van der Waals surface area contributed by atoms with Crippen LogP contribution < -0.4 is 9.46 Å². The molecule has 0 radical (unpaired) electrons. The van der Waals surface area contributed by atoms with Crippen LogP contribution in [-0.2, 0) is 19.6 Å². The smallest absolute Gasteiger partial charge is 0.338 e. The molecule has 13 heteroatoms. The largest absolute Gasteiger partial charge is 0.492 e. The molecule has 1 fully saturated rings. The Bertz CT molecular complexity index is 1430. The molecule has 0 atom stereocenters. The molecule has 2 aromatic carbocycles. The van der Waals surface area contributed by atoms with Crippen LogP contribution in [0.2, 0.25) is 0 Å². The van der Waals surface area contributed by atoms with E-state index in [2.05, 4.69) is 20.7 Å². The SMILES string of the molecule is CCOc1ccc(Br)cc1S(=O)(=O)Nc1ccc(C(=O)OCC(=O)N2CCN(C(=O)c3ccco3)CC2)cc1. The molecule has 11 nitrogen and oxygen atoms in total. The van der Waals surface area contributed by atoms with Crippen LogP contribution in [0, 0.1) is 0 Å². The second kappa shape index (κ2) is 12.3. The predicted molar refractivity (Wildman–Crippen MR) is 144 cm³/mol. The number of halogens is 1. The van der Waals surface area contributed by atoms with E-state index in [0.29, 0.717) is 37.3 Å². The lowest BCUT2D eigenvalue weighted by molar-refractivity contribution is -0.136. The topological polar surface area (TPSA) is 135 Å². The molecule has 1 aromatic heterocycles. The Kier molecular flexibility index (Phi) is 8.92. The maximum absolute atomic E-state index is 12.9. The Morgan fingerprint density at radius 1 is 1.00 bits per heavy atom. The average molecular weight is 620 g/mol. The minimum absolute atomic E-state index is 0.0353. The fourth-order valence-electron chi connectivity index (χ4n) is 3.87. The van der Waals surface area contributed by atoms with Gasteiger partial charge >= 0.3 is 5.97 Å². The van der Waals surface area contributed by atoms with Crippen LogP contribution in [0.3, 0.4) is 0 Å². The van der Waals surface area contributed by atoms with Gasteiger partial charge in [-0.3, -0.25) is 14.3 Å². The quantitative estimate of drug-likeness (QED) is 0.360. The number of sulfonamides is 1. The predicted octanol–water partition coefficient (Wildman–Crippen LogP) is 3.38. The number of nitrogens with one attached hydrogen (secondary N) is 1. The Hall–Kier alpha value is -3.84. The third-order valence-electron chi connectivity index (χ3n) is 5.85. The van der Waals surface area contributed by atoms with Gasteiger partial charge in [-0.05, 0) is 61.5 Å². The van der Waals surface area contributed by atoms with Gasteiger partial charge in [0.1, 0.15) is 10.6 Å². The Balaban J connectivity index is 1.29. The van der Waals surface area contributed by atoms with E-state index in [1.165, 1.54) is 41.5 Å². The highest BCUT2D eigenvalue weighted by atomic mass is 79.9. The monoisotopic (exact) mass is 619 g/mol. The number of esters is 1. The highest BCUT2D eigenvalue weighted by molar-refractivity contribution is 9.10. The number of anilines is 1. The number of ether oxygens (including phenoxy) is 2. The van der Waals surface area contributed by atoms with E-state index < -0.39 is 22.6 Å². The molecule has 0 bridgehead atoms. The van der Waals surface area contributed by atoms with Gasteiger partial charge in [0, 0.05) is 36.3 Å². The van der Waals surface area contributed by atoms with Gasteiger partial charge in [-0.15, -0.1) is 0 Å². The second-order valence-electron chi connectivity index (χ2n) is 8.43. The summed E-state index contributed by atoms with van der Waals surface area (Å²) in [5, 5.41) is 0. The molecule has 2 heterocycles. The molecule has 39 heavy (non-hydrogen) atoms. The third kappa shape index (κ3) is 6.98. The van der Waals surface area contributed by atoms with Crippen molar-refractivity contribution in [2.75, 3.05) is 44.1 Å². The number of amides is 2. The fourth-order valence-corrected chi connectivity index (χ4v) is 5.61. The van der Waals surface area contributed by atoms with Crippen LogP contribution in [0.25, 0.3) is 0 Å². The second-order valence-corrected chi connectivity index (χ2v) is 11.0. The van der Waals surface area contributed by atoms with Gasteiger partial charge in [0.15, 0.2) is 12.4 Å². The molecule has 0 spiro atoms. The summed E-state index contributed by atoms with van der Waals surface area (Å²) < 4.78 is 44.6. The van der Waals surface area contributed by atoms with Crippen LogP contribution in [0.1, 0.15) is 27.8 Å². The Morgan fingerprint density at radius 2 is 1.69 bits per heavy atom. The first kappa shape index (κ1) is 28.2. The number of furan rings is 1. The van der Waals surface area contributed by atoms with Crippen molar-refractivity contribution in [1.29, 1.82) is 0 Å². The van der Waals surface area contributed by atoms with E-state index in [9.17, 15) is 22.8 Å². The summed E-state index contributed by atoms with van der Waals surface area (Å²) >= 11 is 3.27. The van der Waals surface area contributed by atoms with Gasteiger partial charge in [-0.25, -0.2) is 13.2 Å². The van der Waals surface area contributed by atoms with Crippen molar-refractivity contribution in [2.45, 2.75) is 11.8 Å². The van der Waals surface area contributed by atoms with Crippen LogP contribution in [-0.4, -0.2) is 75.4 Å². The molecule has 3 aromatic rings. The summed E-state index contributed by atoms with van der Waals surface area (Å²) in [4.78, 5) is 40.4. The molecule has 1 saturated heterocycles. The number of benzene rings is 2. The van der Waals surface area contributed by atoms with E-state index in [0.717, 1.165) is 0 Å². The number of hydrogen-bond donors (Lipinski definition) is 1. The number of piperazine rings is 1. The summed E-state index contributed by atoms with van der Waals surface area (Å²) in [6.07, 6.45) is 1.43. The number of rotatable bonds is 9. The normalized spacial score (nSPS) is 13.6. The van der Waals surface area contributed by atoms with Crippen molar-refractivity contribution < 1.29 is 36.7 Å². The van der Waals surface area contributed by atoms with Crippen molar-refractivity contribution in [3.8, 4) is 5.75 Å². The molecule has 0 saturated carbocycles. The maximum atomic E-state index is 12.9. The average Bonchev–Trinajstić information content (AvgIpc) is 3.48. The van der Waals surface area contributed by atoms with E-state index in [4.69, 9.17) is 13.9 Å². The minimum atomic E-state index is -3.98. The molecule has 2 amide bonds. The Morgan fingerprint density at radius 3 is 2.33 bits per heavy atom. The van der Waals surface area contributed by atoms with E-state index in [1.807, 2.05) is 0 Å². The van der Waals surface area contributed by atoms with Gasteiger partial charge in [0.2, 0.25) is 0 Å². The van der Waals surface area contributed by atoms with Crippen LogP contribution >= 0.6 is 15.9 Å². The van der Waals surface area contributed by atoms with Gasteiger partial charge in [0.05, 0.1) is 18.4 Å². The molecule has 1 aliphatic heterocycles. The molecular formula is C26H26BrN3O8S. The summed E-state index contributed by atoms with van der Waals surface area (Å²) in [7, 11) is -3.98. The van der Waals surface area contributed by atoms with Crippen molar-refractivity contribution >= 4 is 49.4 Å². The van der Waals surface area contributed by atoms with Crippen LogP contribution in [0.15, 0.2) is 74.6 Å². The first-order chi connectivity index (χ1) is 18.7. The highest BCUT2D eigenvalue weighted by Gasteiger charge is 2.27. The fraction of sp³-hybridized carbons (Fsp3) is 0.269. The van der Waals surface area contributed by atoms with Crippen molar-refractivity contribution in [3.63, 3.8) is 0 Å². The number of nitrogens with zero attached hydrogens (tertiary/aromatic N) is 2. The van der Waals surface area contributed by atoms with Crippen LogP contribution in [0.4, 0.5) is 5.69 Å². The standard InChI is InChI=1S/C26H26BrN3O8S/c1-2-36-21-10-7-19(27)16-23(21)39(34,35)28-20-8-5-18(6-9-20)26(33)38-17-24(31)29-11-13-30(14-12-29)25(32)22-4-3-15-37-22/h3-10,15-16,28H,2,11-14,17H2,1H3. The van der Waals surface area contributed by atoms with Crippen LogP contribution in [0.5, 0.6) is 5.75 Å². The van der Waals surface area contributed by atoms with Gasteiger partial charge < -0.3 is 23.7 Å². The molecule has 1 aliphatic rings. The van der Waals surface area contributed by atoms with Crippen molar-refractivity contribution in [1.82, 2.24) is 9.80 Å². The zero-order valence-electron chi connectivity index (χ0n) is 21.0. The summed E-state index contributed by atoms with van der Waals surface area (Å²) in [6, 6.07) is 13.5. The zero-order chi connectivity index (χ0) is 28.0. The van der Waals surface area contributed by atoms with Crippen molar-refractivity contribution in [2.24, 2.45) is 0 Å². The first-order valence-electron chi connectivity index (χ1n) is 12.0. The minimum Gasteiger partial charge on any atom is -0.492 e. The lowest BCUT2D eigenvalue weighted by Gasteiger charge is -2.34. The number of hydrogen-bond acceptors (Lipinski definition) is 8. The van der Waals surface area contributed by atoms with Gasteiger partial charge in [-0.1, -0.05) is 15.9 Å². The summed E-state index contributed by atoms with van der Waals surface area (Å²) in [6.45, 7) is 2.88. The summed E-state index contributed by atoms with van der Waals surface area (Å²) in [5.74, 6) is -0.892. The van der Waals surface area contributed by atoms with E-state index >= 15 is 0 Å². The van der Waals surface area contributed by atoms with Gasteiger partial charge in [-0.2, -0.15) is 0 Å². The maximum Gasteiger partial charge on any atom is 0.338 e. The first-order valence-corrected chi connectivity index (χ1v) is 14.3. The summed E-state index contributed by atoms with van der Waals surface area (Å²) in [5.41, 5.74) is 0.379. The molecule has 0 aliphatic carbocycles. The lowest BCUT2D eigenvalue weighted by atomic mass is 10.2. The van der Waals surface area contributed by atoms with E-state index in [1.54, 1.807) is 36.1 Å². The van der Waals surface area contributed by atoms with E-state index in [-0.39, 0.29) is 39.5 Å². The Labute approximate surface area is 233 Å².